The Bertz CT molecular complexity index is 908. The van der Waals surface area contributed by atoms with Crippen LogP contribution in [0.1, 0.15) is 54.4 Å². The molecule has 1 amide bonds. The summed E-state index contributed by atoms with van der Waals surface area (Å²) < 4.78 is 17.1. The molecule has 0 aliphatic carbocycles. The topological polar surface area (TPSA) is 158 Å². The molecule has 2 atom stereocenters. The van der Waals surface area contributed by atoms with E-state index in [1.807, 2.05) is 46.6 Å². The molecule has 0 spiro atoms. The lowest BCUT2D eigenvalue weighted by Crippen LogP contribution is -2.46. The average Bonchev–Trinajstić information content (AvgIpc) is 2.86. The van der Waals surface area contributed by atoms with E-state index in [-0.39, 0.29) is 42.5 Å². The summed E-state index contributed by atoms with van der Waals surface area (Å²) in [4.78, 5) is 37.0. The number of nitro groups is 1. The van der Waals surface area contributed by atoms with E-state index in [9.17, 15) is 19.7 Å². The lowest BCUT2D eigenvalue weighted by atomic mass is 10.0. The Balaban J connectivity index is 2.38. The molecule has 0 saturated heterocycles. The molecular weight excluding hydrogens is 506 g/mol. The molecule has 1 aromatic carbocycles. The van der Waals surface area contributed by atoms with E-state index in [4.69, 9.17) is 19.9 Å². The van der Waals surface area contributed by atoms with Gasteiger partial charge in [-0.05, 0) is 86.7 Å². The number of hydrogen-bond donors (Lipinski definition) is 3. The number of rotatable bonds is 19. The molecule has 1 rings (SSSR count). The van der Waals surface area contributed by atoms with E-state index in [0.29, 0.717) is 19.5 Å². The number of benzene rings is 1. The van der Waals surface area contributed by atoms with E-state index in [2.05, 4.69) is 17.6 Å². The fourth-order valence-corrected chi connectivity index (χ4v) is 3.47. The van der Waals surface area contributed by atoms with Crippen LogP contribution in [0.25, 0.3) is 0 Å². The molecule has 222 valence electrons. The first-order valence-electron chi connectivity index (χ1n) is 13.3. The third-order valence-corrected chi connectivity index (χ3v) is 6.23. The molecule has 12 heteroatoms. The molecule has 0 aliphatic rings. The number of likely N-dealkylation sites (N-methyl/N-ethyl adjacent to an activating group) is 1. The lowest BCUT2D eigenvalue weighted by molar-refractivity contribution is -0.384. The van der Waals surface area contributed by atoms with E-state index in [0.717, 1.165) is 19.5 Å². The summed E-state index contributed by atoms with van der Waals surface area (Å²) in [5.74, 6) is 0.200. The molecule has 0 radical (unpaired) electrons. The normalized spacial score (nSPS) is 13.7. The van der Waals surface area contributed by atoms with Crippen molar-refractivity contribution in [2.45, 2.75) is 77.7 Å². The summed E-state index contributed by atoms with van der Waals surface area (Å²) in [7, 11) is 1.93. The molecule has 4 N–H and O–H groups in total. The maximum Gasteiger partial charge on any atom is 0.412 e. The van der Waals surface area contributed by atoms with E-state index >= 15 is 0 Å². The molecule has 0 aromatic heterocycles. The zero-order valence-corrected chi connectivity index (χ0v) is 24.5. The second kappa shape index (κ2) is 16.5. The van der Waals surface area contributed by atoms with Crippen LogP contribution in [0.2, 0.25) is 0 Å². The van der Waals surface area contributed by atoms with Gasteiger partial charge in [-0.3, -0.25) is 19.8 Å². The number of non-ortho nitro benzene ring substituents is 1. The van der Waals surface area contributed by atoms with Gasteiger partial charge in [0.05, 0.1) is 28.8 Å². The number of nitrogens with zero attached hydrogens (tertiary/aromatic N) is 2. The van der Waals surface area contributed by atoms with E-state index in [1.165, 1.54) is 24.3 Å². The van der Waals surface area contributed by atoms with Crippen molar-refractivity contribution >= 4 is 17.6 Å². The molecule has 39 heavy (non-hydrogen) atoms. The second-order valence-electron chi connectivity index (χ2n) is 11.0. The molecule has 2 unspecified atom stereocenters. The first-order chi connectivity index (χ1) is 18.2. The molecule has 0 aliphatic heterocycles. The maximum absolute atomic E-state index is 12.7. The average molecular weight is 554 g/mol. The summed E-state index contributed by atoms with van der Waals surface area (Å²) in [6.45, 7) is 14.3. The molecule has 0 saturated carbocycles. The van der Waals surface area contributed by atoms with Gasteiger partial charge >= 0.3 is 6.09 Å². The van der Waals surface area contributed by atoms with Crippen LogP contribution in [-0.2, 0) is 14.3 Å². The number of carbonyl (C=O) groups is 2. The molecule has 1 aromatic rings. The van der Waals surface area contributed by atoms with Crippen LogP contribution in [0, 0.1) is 10.1 Å². The fraction of sp³-hybridized carbons (Fsp3) is 0.704. The molecule has 0 fully saturated rings. The smallest absolute Gasteiger partial charge is 0.410 e. The predicted molar refractivity (Wildman–Crippen MR) is 150 cm³/mol. The van der Waals surface area contributed by atoms with Crippen molar-refractivity contribution in [2.24, 2.45) is 5.73 Å². The van der Waals surface area contributed by atoms with Crippen LogP contribution in [0.5, 0.6) is 5.75 Å². The van der Waals surface area contributed by atoms with E-state index < -0.39 is 22.2 Å². The first kappa shape index (κ1) is 34.4. The number of amides is 1. The summed E-state index contributed by atoms with van der Waals surface area (Å²) in [5, 5.41) is 16.8. The third kappa shape index (κ3) is 14.4. The van der Waals surface area contributed by atoms with Crippen LogP contribution in [0.15, 0.2) is 24.3 Å². The Morgan fingerprint density at radius 1 is 1.08 bits per heavy atom. The minimum Gasteiger partial charge on any atom is -0.410 e. The van der Waals surface area contributed by atoms with Crippen LogP contribution in [0.3, 0.4) is 0 Å². The van der Waals surface area contributed by atoms with Crippen molar-refractivity contribution in [3.05, 3.63) is 34.4 Å². The zero-order valence-electron chi connectivity index (χ0n) is 24.5. The Morgan fingerprint density at radius 3 is 2.31 bits per heavy atom. The second-order valence-corrected chi connectivity index (χ2v) is 11.0. The summed E-state index contributed by atoms with van der Waals surface area (Å²) >= 11 is 0. The van der Waals surface area contributed by atoms with Gasteiger partial charge in [-0.1, -0.05) is 0 Å². The molecule has 0 bridgehead atoms. The fourth-order valence-electron chi connectivity index (χ4n) is 3.47. The predicted octanol–water partition coefficient (Wildman–Crippen LogP) is 2.88. The number of nitro benzene ring substituents is 1. The first-order valence-corrected chi connectivity index (χ1v) is 13.3. The number of ether oxygens (including phenoxy) is 3. The minimum atomic E-state index is -0.690. The monoisotopic (exact) mass is 553 g/mol. The van der Waals surface area contributed by atoms with Crippen LogP contribution in [-0.4, -0.2) is 91.4 Å². The largest absolute Gasteiger partial charge is 0.412 e. The molecular formula is C27H47N5O7. The Kier molecular flexibility index (Phi) is 14.5. The highest BCUT2D eigenvalue weighted by Gasteiger charge is 2.28. The Hall–Kier alpha value is -2.64. The number of carbonyl (C=O) groups excluding carboxylic acids is 2. The Labute approximate surface area is 232 Å². The highest BCUT2D eigenvalue weighted by atomic mass is 16.6. The van der Waals surface area contributed by atoms with Crippen LogP contribution in [0.4, 0.5) is 10.5 Å². The molecule has 0 heterocycles. The van der Waals surface area contributed by atoms with Gasteiger partial charge in [0.25, 0.3) is 5.69 Å². The highest BCUT2D eigenvalue weighted by molar-refractivity contribution is 5.84. The third-order valence-electron chi connectivity index (χ3n) is 6.23. The summed E-state index contributed by atoms with van der Waals surface area (Å²) in [6.07, 6.45) is 0.746. The standard InChI is InChI=1S/C27H47N5O7/c1-20(29-15-8-14-28)17-31(7)21(2)24(33)18-37-27(5,6)19-38-26(3,4)13-16-30-25(34)39-23-11-9-22(10-12-23)32(35)36/h9-12,20-21,29H,8,13-19,28H2,1-7H3,(H,30,34). The lowest BCUT2D eigenvalue weighted by Gasteiger charge is -2.33. The van der Waals surface area contributed by atoms with Crippen molar-refractivity contribution in [1.29, 1.82) is 0 Å². The summed E-state index contributed by atoms with van der Waals surface area (Å²) in [6, 6.07) is 5.20. The van der Waals surface area contributed by atoms with Gasteiger partial charge in [-0.15, -0.1) is 0 Å². The van der Waals surface area contributed by atoms with Gasteiger partial charge in [0.1, 0.15) is 12.4 Å². The van der Waals surface area contributed by atoms with Crippen LogP contribution < -0.4 is 21.1 Å². The zero-order chi connectivity index (χ0) is 29.6. The van der Waals surface area contributed by atoms with Crippen molar-refractivity contribution in [3.8, 4) is 5.75 Å². The van der Waals surface area contributed by atoms with Gasteiger partial charge in [0, 0.05) is 31.3 Å². The summed E-state index contributed by atoms with van der Waals surface area (Å²) in [5.41, 5.74) is 4.18. The number of Topliss-reactive ketones (excluding diaryl/α,β-unsaturated/α-hetero) is 1. The molecule has 12 nitrogen and oxygen atoms in total. The van der Waals surface area contributed by atoms with Crippen LogP contribution >= 0.6 is 0 Å². The maximum atomic E-state index is 12.7. The van der Waals surface area contributed by atoms with Crippen molar-refractivity contribution < 1.29 is 28.7 Å². The van der Waals surface area contributed by atoms with Gasteiger partial charge in [0.2, 0.25) is 0 Å². The van der Waals surface area contributed by atoms with Gasteiger partial charge in [-0.25, -0.2) is 4.79 Å². The Morgan fingerprint density at radius 2 is 1.72 bits per heavy atom. The van der Waals surface area contributed by atoms with Crippen molar-refractivity contribution in [3.63, 3.8) is 0 Å². The SMILES string of the molecule is CC(CN(C)C(C)C(=O)COC(C)(C)COC(C)(C)CCNC(=O)Oc1ccc([N+](=O)[O-])cc1)NCCCN. The van der Waals surface area contributed by atoms with Gasteiger partial charge < -0.3 is 30.6 Å². The number of hydrogen-bond acceptors (Lipinski definition) is 10. The minimum absolute atomic E-state index is 0.00488. The number of nitrogens with one attached hydrogen (secondary N) is 2. The van der Waals surface area contributed by atoms with Gasteiger partial charge in [-0.2, -0.15) is 0 Å². The number of ketones is 1. The van der Waals surface area contributed by atoms with Gasteiger partial charge in [0.15, 0.2) is 5.78 Å². The number of nitrogens with two attached hydrogens (primary N) is 1. The quantitative estimate of drug-likeness (QED) is 0.132. The van der Waals surface area contributed by atoms with E-state index in [1.54, 1.807) is 0 Å². The van der Waals surface area contributed by atoms with Crippen molar-refractivity contribution in [2.75, 3.05) is 46.4 Å². The highest BCUT2D eigenvalue weighted by Crippen LogP contribution is 2.20. The van der Waals surface area contributed by atoms with Crippen molar-refractivity contribution in [1.82, 2.24) is 15.5 Å².